The molecule has 9 nitrogen and oxygen atoms in total. The molecule has 0 unspecified atom stereocenters. The third-order valence-electron chi connectivity index (χ3n) is 3.93. The van der Waals surface area contributed by atoms with Crippen molar-refractivity contribution < 1.29 is 13.3 Å². The van der Waals surface area contributed by atoms with E-state index in [1.54, 1.807) is 0 Å². The van der Waals surface area contributed by atoms with Crippen molar-refractivity contribution in [3.63, 3.8) is 0 Å². The number of nitrogens with zero attached hydrogens (tertiary/aromatic N) is 3. The second kappa shape index (κ2) is 8.33. The van der Waals surface area contributed by atoms with Crippen molar-refractivity contribution in [1.82, 2.24) is 4.57 Å². The first-order chi connectivity index (χ1) is 13.8. The highest BCUT2D eigenvalue weighted by Gasteiger charge is 2.22. The van der Waals surface area contributed by atoms with Gasteiger partial charge in [0.1, 0.15) is 4.90 Å². The van der Waals surface area contributed by atoms with E-state index in [1.807, 2.05) is 29.9 Å². The van der Waals surface area contributed by atoms with Gasteiger partial charge in [-0.2, -0.15) is 5.10 Å². The number of aryl methyl sites for hydroxylation is 1. The topological polar surface area (TPSA) is 119 Å². The van der Waals surface area contributed by atoms with Gasteiger partial charge >= 0.3 is 0 Å². The smallest absolute Gasteiger partial charge is 0.270 e. The Labute approximate surface area is 171 Å². The zero-order valence-electron chi connectivity index (χ0n) is 15.1. The molecule has 0 saturated heterocycles. The van der Waals surface area contributed by atoms with E-state index in [1.165, 1.54) is 42.6 Å². The first kappa shape index (κ1) is 20.4. The highest BCUT2D eigenvalue weighted by Crippen LogP contribution is 2.28. The number of sulfonamides is 1. The Balaban J connectivity index is 1.94. The molecule has 29 heavy (non-hydrogen) atoms. The predicted octanol–water partition coefficient (Wildman–Crippen LogP) is 3.83. The van der Waals surface area contributed by atoms with E-state index in [0.717, 1.165) is 11.8 Å². The van der Waals surface area contributed by atoms with E-state index < -0.39 is 14.9 Å². The van der Waals surface area contributed by atoms with E-state index in [4.69, 9.17) is 11.6 Å². The molecule has 2 N–H and O–H groups in total. The molecule has 0 saturated carbocycles. The molecule has 150 valence electrons. The molecule has 0 atom stereocenters. The van der Waals surface area contributed by atoms with Crippen LogP contribution in [0.15, 0.2) is 70.8 Å². The number of nitrogens with one attached hydrogen (secondary N) is 2. The van der Waals surface area contributed by atoms with E-state index in [0.29, 0.717) is 5.02 Å². The van der Waals surface area contributed by atoms with Crippen molar-refractivity contribution in [1.29, 1.82) is 0 Å². The minimum atomic E-state index is -4.14. The van der Waals surface area contributed by atoms with Crippen LogP contribution in [0.1, 0.15) is 5.69 Å². The van der Waals surface area contributed by atoms with E-state index in [2.05, 4.69) is 15.2 Å². The summed E-state index contributed by atoms with van der Waals surface area (Å²) in [6, 6.07) is 13.1. The van der Waals surface area contributed by atoms with Crippen molar-refractivity contribution in [3.8, 4) is 0 Å². The zero-order chi connectivity index (χ0) is 21.0. The highest BCUT2D eigenvalue weighted by molar-refractivity contribution is 7.92. The number of hydrazone groups is 1. The standard InChI is InChI=1S/C18H16ClN5O4S/c1-23-10-2-3-16(23)12-20-21-17-9-8-15(24(25)26)11-18(17)29(27,28)22-14-6-4-13(19)5-7-14/h2-12,21-22H,1H3/b20-12+. The number of nitro benzene ring substituents is 1. The number of anilines is 2. The summed E-state index contributed by atoms with van der Waals surface area (Å²) in [6.07, 6.45) is 3.34. The van der Waals surface area contributed by atoms with Gasteiger partial charge in [-0.15, -0.1) is 0 Å². The summed E-state index contributed by atoms with van der Waals surface area (Å²) in [7, 11) is -2.31. The van der Waals surface area contributed by atoms with Crippen molar-refractivity contribution in [3.05, 3.63) is 81.6 Å². The van der Waals surface area contributed by atoms with Crippen LogP contribution in [-0.4, -0.2) is 24.1 Å². The fraction of sp³-hybridized carbons (Fsp3) is 0.0556. The first-order valence-corrected chi connectivity index (χ1v) is 10.1. The maximum absolute atomic E-state index is 12.9. The van der Waals surface area contributed by atoms with Gasteiger partial charge in [0.05, 0.1) is 22.5 Å². The van der Waals surface area contributed by atoms with Gasteiger partial charge in [-0.1, -0.05) is 11.6 Å². The maximum atomic E-state index is 12.9. The molecule has 1 aromatic heterocycles. The monoisotopic (exact) mass is 433 g/mol. The highest BCUT2D eigenvalue weighted by atomic mass is 35.5. The zero-order valence-corrected chi connectivity index (χ0v) is 16.7. The van der Waals surface area contributed by atoms with Gasteiger partial charge < -0.3 is 4.57 Å². The molecule has 0 fully saturated rings. The molecular weight excluding hydrogens is 418 g/mol. The molecule has 0 aliphatic heterocycles. The quantitative estimate of drug-likeness (QED) is 0.333. The lowest BCUT2D eigenvalue weighted by Crippen LogP contribution is -2.15. The van der Waals surface area contributed by atoms with Crippen LogP contribution in [0.4, 0.5) is 17.1 Å². The fourth-order valence-corrected chi connectivity index (χ4v) is 3.81. The average Bonchev–Trinajstić information content (AvgIpc) is 3.08. The summed E-state index contributed by atoms with van der Waals surface area (Å²) >= 11 is 5.81. The number of nitro groups is 1. The normalized spacial score (nSPS) is 11.5. The van der Waals surface area contributed by atoms with Crippen LogP contribution < -0.4 is 10.1 Å². The van der Waals surface area contributed by atoms with Crippen molar-refractivity contribution in [2.45, 2.75) is 4.90 Å². The molecule has 0 radical (unpaired) electrons. The Morgan fingerprint density at radius 2 is 1.90 bits per heavy atom. The molecule has 3 rings (SSSR count). The maximum Gasteiger partial charge on any atom is 0.270 e. The summed E-state index contributed by atoms with van der Waals surface area (Å²) in [4.78, 5) is 10.1. The van der Waals surface area contributed by atoms with Crippen LogP contribution in [0.3, 0.4) is 0 Å². The van der Waals surface area contributed by atoms with Crippen LogP contribution in [0, 0.1) is 10.1 Å². The van der Waals surface area contributed by atoms with Crippen LogP contribution in [0.5, 0.6) is 0 Å². The molecule has 0 spiro atoms. The van der Waals surface area contributed by atoms with Gasteiger partial charge in [-0.25, -0.2) is 8.42 Å². The fourth-order valence-electron chi connectivity index (χ4n) is 2.44. The SMILES string of the molecule is Cn1cccc1/C=N/Nc1ccc([N+](=O)[O-])cc1S(=O)(=O)Nc1ccc(Cl)cc1. The Kier molecular flexibility index (Phi) is 5.85. The number of rotatable bonds is 7. The number of hydrogen-bond donors (Lipinski definition) is 2. The number of benzene rings is 2. The number of halogens is 1. The molecule has 11 heteroatoms. The molecule has 0 aliphatic carbocycles. The van der Waals surface area contributed by atoms with Gasteiger partial charge in [0.25, 0.3) is 15.7 Å². The van der Waals surface area contributed by atoms with Crippen molar-refractivity contribution >= 4 is 44.9 Å². The van der Waals surface area contributed by atoms with Crippen LogP contribution in [-0.2, 0) is 17.1 Å². The lowest BCUT2D eigenvalue weighted by atomic mass is 10.3. The Morgan fingerprint density at radius 3 is 2.52 bits per heavy atom. The number of hydrogen-bond acceptors (Lipinski definition) is 6. The Morgan fingerprint density at radius 1 is 1.17 bits per heavy atom. The average molecular weight is 434 g/mol. The second-order valence-electron chi connectivity index (χ2n) is 5.96. The third kappa shape index (κ3) is 4.92. The van der Waals surface area contributed by atoms with Gasteiger partial charge in [-0.05, 0) is 42.5 Å². The van der Waals surface area contributed by atoms with Gasteiger partial charge in [0.2, 0.25) is 0 Å². The number of aromatic nitrogens is 1. The second-order valence-corrected chi connectivity index (χ2v) is 8.05. The van der Waals surface area contributed by atoms with E-state index in [9.17, 15) is 18.5 Å². The van der Waals surface area contributed by atoms with Crippen LogP contribution >= 0.6 is 11.6 Å². The van der Waals surface area contributed by atoms with Gasteiger partial charge in [0, 0.05) is 36.1 Å². The van der Waals surface area contributed by atoms with E-state index >= 15 is 0 Å². The lowest BCUT2D eigenvalue weighted by Gasteiger charge is -2.12. The summed E-state index contributed by atoms with van der Waals surface area (Å²) in [6.45, 7) is 0. The van der Waals surface area contributed by atoms with Gasteiger partial charge in [-0.3, -0.25) is 20.3 Å². The van der Waals surface area contributed by atoms with Crippen molar-refractivity contribution in [2.24, 2.45) is 12.1 Å². The van der Waals surface area contributed by atoms with Crippen molar-refractivity contribution in [2.75, 3.05) is 10.1 Å². The summed E-state index contributed by atoms with van der Waals surface area (Å²) in [5, 5.41) is 15.6. The van der Waals surface area contributed by atoms with Crippen LogP contribution in [0.25, 0.3) is 0 Å². The van der Waals surface area contributed by atoms with Gasteiger partial charge in [0.15, 0.2) is 0 Å². The minimum absolute atomic E-state index is 0.0857. The molecule has 0 amide bonds. The Bertz CT molecular complexity index is 1170. The largest absolute Gasteiger partial charge is 0.350 e. The molecule has 0 aliphatic rings. The molecular formula is C18H16ClN5O4S. The molecule has 3 aromatic rings. The first-order valence-electron chi connectivity index (χ1n) is 8.23. The lowest BCUT2D eigenvalue weighted by molar-refractivity contribution is -0.385. The summed E-state index contributed by atoms with van der Waals surface area (Å²) in [5.41, 5.74) is 3.41. The molecule has 2 aromatic carbocycles. The molecule has 0 bridgehead atoms. The predicted molar refractivity (Wildman–Crippen MR) is 112 cm³/mol. The summed E-state index contributed by atoms with van der Waals surface area (Å²) in [5.74, 6) is 0. The van der Waals surface area contributed by atoms with Crippen LogP contribution in [0.2, 0.25) is 5.02 Å². The summed E-state index contributed by atoms with van der Waals surface area (Å²) < 4.78 is 29.9. The minimum Gasteiger partial charge on any atom is -0.350 e. The third-order valence-corrected chi connectivity index (χ3v) is 5.60. The van der Waals surface area contributed by atoms with E-state index in [-0.39, 0.29) is 22.0 Å². The molecule has 1 heterocycles. The number of non-ortho nitro benzene ring substituents is 1. The Hall–Kier alpha value is -3.37.